The maximum absolute atomic E-state index is 9.85. The van der Waals surface area contributed by atoms with E-state index >= 15 is 0 Å². The Morgan fingerprint density at radius 1 is 1.26 bits per heavy atom. The molecule has 0 saturated heterocycles. The van der Waals surface area contributed by atoms with Gasteiger partial charge in [-0.2, -0.15) is 5.10 Å². The van der Waals surface area contributed by atoms with E-state index in [0.29, 0.717) is 12.1 Å². The smallest absolute Gasteiger partial charge is 0.120 e. The second-order valence-electron chi connectivity index (χ2n) is 4.51. The van der Waals surface area contributed by atoms with Gasteiger partial charge in [0.15, 0.2) is 0 Å². The fraction of sp³-hybridized carbons (Fsp3) is 0.143. The standard InChI is InChI=1S/C14H14N4O/c15-10-5-9(7-16-8-10)12-6-13(18-17-12)11-3-1-2-4-14(11)19/h1-5,7-8,13,18-19H,6,15H2. The lowest BCUT2D eigenvalue weighted by atomic mass is 9.99. The normalized spacial score (nSPS) is 17.9. The first-order valence-corrected chi connectivity index (χ1v) is 6.05. The first-order chi connectivity index (χ1) is 9.24. The quantitative estimate of drug-likeness (QED) is 0.763. The van der Waals surface area contributed by atoms with Crippen molar-refractivity contribution in [3.05, 3.63) is 53.9 Å². The topological polar surface area (TPSA) is 83.5 Å². The van der Waals surface area contributed by atoms with Gasteiger partial charge < -0.3 is 16.3 Å². The molecule has 19 heavy (non-hydrogen) atoms. The van der Waals surface area contributed by atoms with E-state index in [1.54, 1.807) is 24.5 Å². The Morgan fingerprint density at radius 3 is 2.89 bits per heavy atom. The molecule has 1 aromatic carbocycles. The largest absolute Gasteiger partial charge is 0.508 e. The van der Waals surface area contributed by atoms with Crippen molar-refractivity contribution in [1.82, 2.24) is 10.4 Å². The minimum absolute atomic E-state index is 0.0161. The highest BCUT2D eigenvalue weighted by molar-refractivity contribution is 6.02. The number of para-hydroxylation sites is 1. The Morgan fingerprint density at radius 2 is 2.11 bits per heavy atom. The molecule has 0 spiro atoms. The number of hydrazone groups is 1. The van der Waals surface area contributed by atoms with Crippen molar-refractivity contribution in [3.8, 4) is 5.75 Å². The third kappa shape index (κ3) is 2.22. The minimum Gasteiger partial charge on any atom is -0.508 e. The first-order valence-electron chi connectivity index (χ1n) is 6.05. The van der Waals surface area contributed by atoms with Crippen LogP contribution in [0.1, 0.15) is 23.6 Å². The van der Waals surface area contributed by atoms with Crippen molar-refractivity contribution in [2.75, 3.05) is 5.73 Å². The third-order valence-corrected chi connectivity index (χ3v) is 3.16. The van der Waals surface area contributed by atoms with E-state index in [1.165, 1.54) is 0 Å². The van der Waals surface area contributed by atoms with E-state index in [0.717, 1.165) is 16.8 Å². The molecule has 0 radical (unpaired) electrons. The van der Waals surface area contributed by atoms with Crippen molar-refractivity contribution in [2.24, 2.45) is 5.10 Å². The molecule has 0 saturated carbocycles. The Balaban J connectivity index is 1.82. The average Bonchev–Trinajstić information content (AvgIpc) is 2.89. The molecule has 2 heterocycles. The SMILES string of the molecule is Nc1cncc(C2=NNC(c3ccccc3O)C2)c1. The predicted octanol–water partition coefficient (Wildman–Crippen LogP) is 1.81. The van der Waals surface area contributed by atoms with E-state index in [4.69, 9.17) is 5.73 Å². The van der Waals surface area contributed by atoms with E-state index in [-0.39, 0.29) is 11.8 Å². The van der Waals surface area contributed by atoms with Crippen LogP contribution in [-0.4, -0.2) is 15.8 Å². The van der Waals surface area contributed by atoms with Crippen LogP contribution in [0.2, 0.25) is 0 Å². The molecule has 4 N–H and O–H groups in total. The van der Waals surface area contributed by atoms with Crippen LogP contribution < -0.4 is 11.2 Å². The number of benzene rings is 1. The zero-order valence-corrected chi connectivity index (χ0v) is 10.2. The molecule has 3 rings (SSSR count). The van der Waals surface area contributed by atoms with Gasteiger partial charge in [0.1, 0.15) is 5.75 Å². The maximum atomic E-state index is 9.85. The molecule has 1 unspecified atom stereocenters. The van der Waals surface area contributed by atoms with Crippen molar-refractivity contribution in [1.29, 1.82) is 0 Å². The molecule has 0 fully saturated rings. The van der Waals surface area contributed by atoms with Gasteiger partial charge in [-0.25, -0.2) is 0 Å². The van der Waals surface area contributed by atoms with Gasteiger partial charge in [-0.15, -0.1) is 0 Å². The molecule has 1 aromatic heterocycles. The highest BCUT2D eigenvalue weighted by Crippen LogP contribution is 2.30. The van der Waals surface area contributed by atoms with Crippen LogP contribution in [0.25, 0.3) is 0 Å². The zero-order chi connectivity index (χ0) is 13.2. The molecule has 1 aliphatic heterocycles. The monoisotopic (exact) mass is 254 g/mol. The molecule has 1 atom stereocenters. The second-order valence-corrected chi connectivity index (χ2v) is 4.51. The van der Waals surface area contributed by atoms with Gasteiger partial charge in [-0.3, -0.25) is 4.98 Å². The number of nitrogens with zero attached hydrogens (tertiary/aromatic N) is 2. The summed E-state index contributed by atoms with van der Waals surface area (Å²) in [4.78, 5) is 4.06. The number of rotatable bonds is 2. The number of nitrogens with two attached hydrogens (primary N) is 1. The molecule has 0 aliphatic carbocycles. The molecule has 96 valence electrons. The van der Waals surface area contributed by atoms with Gasteiger partial charge in [0.25, 0.3) is 0 Å². The van der Waals surface area contributed by atoms with E-state index in [2.05, 4.69) is 15.5 Å². The number of anilines is 1. The van der Waals surface area contributed by atoms with Gasteiger partial charge >= 0.3 is 0 Å². The summed E-state index contributed by atoms with van der Waals surface area (Å²) in [6.07, 6.45) is 4.04. The van der Waals surface area contributed by atoms with E-state index in [9.17, 15) is 5.11 Å². The van der Waals surface area contributed by atoms with Crippen molar-refractivity contribution >= 4 is 11.4 Å². The van der Waals surface area contributed by atoms with Crippen LogP contribution in [0.3, 0.4) is 0 Å². The summed E-state index contributed by atoms with van der Waals surface area (Å²) in [5, 5.41) is 14.2. The van der Waals surface area contributed by atoms with E-state index in [1.807, 2.05) is 18.2 Å². The summed E-state index contributed by atoms with van der Waals surface area (Å²) in [5.41, 5.74) is 12.0. The zero-order valence-electron chi connectivity index (χ0n) is 10.2. The number of pyridine rings is 1. The average molecular weight is 254 g/mol. The number of aromatic nitrogens is 1. The lowest BCUT2D eigenvalue weighted by Gasteiger charge is -2.11. The summed E-state index contributed by atoms with van der Waals surface area (Å²) in [7, 11) is 0. The van der Waals surface area contributed by atoms with Crippen LogP contribution in [0.5, 0.6) is 5.75 Å². The number of nitrogens with one attached hydrogen (secondary N) is 1. The van der Waals surface area contributed by atoms with Gasteiger partial charge in [0.05, 0.1) is 17.4 Å². The first kappa shape index (κ1) is 11.5. The Kier molecular flexibility index (Phi) is 2.79. The summed E-state index contributed by atoms with van der Waals surface area (Å²) in [6.45, 7) is 0. The molecule has 5 heteroatoms. The number of phenolic OH excluding ortho intramolecular Hbond substituents is 1. The number of hydrogen-bond acceptors (Lipinski definition) is 5. The number of nitrogen functional groups attached to an aromatic ring is 1. The molecule has 2 aromatic rings. The van der Waals surface area contributed by atoms with Gasteiger partial charge in [0, 0.05) is 29.9 Å². The van der Waals surface area contributed by atoms with Crippen LogP contribution in [-0.2, 0) is 0 Å². The van der Waals surface area contributed by atoms with Gasteiger partial charge in [-0.05, 0) is 12.1 Å². The Hall–Kier alpha value is -2.56. The number of hydrogen-bond donors (Lipinski definition) is 3. The highest BCUT2D eigenvalue weighted by Gasteiger charge is 2.23. The van der Waals surface area contributed by atoms with Crippen LogP contribution in [0.15, 0.2) is 47.8 Å². The number of aromatic hydroxyl groups is 1. The molecular weight excluding hydrogens is 240 g/mol. The summed E-state index contributed by atoms with van der Waals surface area (Å²) >= 11 is 0. The molecule has 1 aliphatic rings. The minimum atomic E-state index is -0.0161. The van der Waals surface area contributed by atoms with Crippen molar-refractivity contribution < 1.29 is 5.11 Å². The lowest BCUT2D eigenvalue weighted by molar-refractivity contribution is 0.455. The van der Waals surface area contributed by atoms with Gasteiger partial charge in [-0.1, -0.05) is 18.2 Å². The fourth-order valence-corrected chi connectivity index (χ4v) is 2.20. The lowest BCUT2D eigenvalue weighted by Crippen LogP contribution is -2.10. The highest BCUT2D eigenvalue weighted by atomic mass is 16.3. The summed E-state index contributed by atoms with van der Waals surface area (Å²) in [5.74, 6) is 0.280. The van der Waals surface area contributed by atoms with Crippen LogP contribution in [0.4, 0.5) is 5.69 Å². The van der Waals surface area contributed by atoms with Crippen molar-refractivity contribution in [3.63, 3.8) is 0 Å². The molecule has 5 nitrogen and oxygen atoms in total. The van der Waals surface area contributed by atoms with Crippen molar-refractivity contribution in [2.45, 2.75) is 12.5 Å². The third-order valence-electron chi connectivity index (χ3n) is 3.16. The van der Waals surface area contributed by atoms with Crippen LogP contribution in [0, 0.1) is 0 Å². The molecule has 0 amide bonds. The van der Waals surface area contributed by atoms with Crippen LogP contribution >= 0.6 is 0 Å². The van der Waals surface area contributed by atoms with E-state index < -0.39 is 0 Å². The van der Waals surface area contributed by atoms with Gasteiger partial charge in [0.2, 0.25) is 0 Å². The summed E-state index contributed by atoms with van der Waals surface area (Å²) in [6, 6.07) is 9.10. The Labute approximate surface area is 110 Å². The predicted molar refractivity (Wildman–Crippen MR) is 73.8 cm³/mol. The second kappa shape index (κ2) is 4.61. The Bertz CT molecular complexity index is 639. The molecule has 0 bridgehead atoms. The fourth-order valence-electron chi connectivity index (χ4n) is 2.20. The summed E-state index contributed by atoms with van der Waals surface area (Å²) < 4.78 is 0. The number of phenols is 1. The maximum Gasteiger partial charge on any atom is 0.120 e. The molecular formula is C14H14N4O.